The Morgan fingerprint density at radius 3 is 2.26 bits per heavy atom. The van der Waals surface area contributed by atoms with Crippen LogP contribution in [0, 0.1) is 6.92 Å². The highest BCUT2D eigenvalue weighted by molar-refractivity contribution is 5.86. The van der Waals surface area contributed by atoms with Crippen molar-refractivity contribution in [3.63, 3.8) is 0 Å². The van der Waals surface area contributed by atoms with Gasteiger partial charge in [0.1, 0.15) is 0 Å². The zero-order chi connectivity index (χ0) is 25.1. The number of aromatic nitrogens is 3. The molecule has 184 valence electrons. The van der Waals surface area contributed by atoms with Crippen molar-refractivity contribution in [1.82, 2.24) is 14.3 Å². The van der Waals surface area contributed by atoms with Gasteiger partial charge in [-0.2, -0.15) is 18.3 Å². The first-order valence-corrected chi connectivity index (χ1v) is 11.4. The second kappa shape index (κ2) is 8.42. The van der Waals surface area contributed by atoms with Crippen molar-refractivity contribution in [2.45, 2.75) is 50.6 Å². The first kappa shape index (κ1) is 23.4. The lowest BCUT2D eigenvalue weighted by Crippen LogP contribution is -2.53. The number of alkyl halides is 3. The summed E-state index contributed by atoms with van der Waals surface area (Å²) in [4.78, 5) is 0. The molecule has 1 aliphatic carbocycles. The van der Waals surface area contributed by atoms with Gasteiger partial charge < -0.3 is 19.5 Å². The number of hydrogen-bond acceptors (Lipinski definition) is 4. The third kappa shape index (κ3) is 3.44. The molecule has 35 heavy (non-hydrogen) atoms. The first-order chi connectivity index (χ1) is 16.7. The minimum Gasteiger partial charge on any atom is -0.493 e. The van der Waals surface area contributed by atoms with Crippen LogP contribution >= 0.6 is 0 Å². The van der Waals surface area contributed by atoms with E-state index in [1.165, 1.54) is 7.11 Å². The molecular weight excluding hydrogens is 459 g/mol. The van der Waals surface area contributed by atoms with Gasteiger partial charge in [0, 0.05) is 42.1 Å². The zero-order valence-corrected chi connectivity index (χ0v) is 19.5. The number of aryl methyl sites for hydroxylation is 1. The van der Waals surface area contributed by atoms with Crippen LogP contribution in [0.1, 0.15) is 41.3 Å². The van der Waals surface area contributed by atoms with Gasteiger partial charge in [-0.15, -0.1) is 0 Å². The number of rotatable bonds is 5. The van der Waals surface area contributed by atoms with Crippen LogP contribution in [0.25, 0.3) is 16.6 Å². The number of fused-ring (bicyclic) bond motifs is 1. The van der Waals surface area contributed by atoms with Gasteiger partial charge in [0.05, 0.1) is 23.5 Å². The Morgan fingerprint density at radius 1 is 1.00 bits per heavy atom. The third-order valence-corrected chi connectivity index (χ3v) is 7.14. The van der Waals surface area contributed by atoms with Crippen LogP contribution in [-0.2, 0) is 17.5 Å². The minimum absolute atomic E-state index is 0.281. The fourth-order valence-electron chi connectivity index (χ4n) is 5.63. The molecule has 1 saturated carbocycles. The van der Waals surface area contributed by atoms with E-state index in [2.05, 4.69) is 9.67 Å². The van der Waals surface area contributed by atoms with Crippen LogP contribution in [0.15, 0.2) is 54.6 Å². The predicted octanol–water partition coefficient (Wildman–Crippen LogP) is 5.14. The summed E-state index contributed by atoms with van der Waals surface area (Å²) < 4.78 is 50.9. The summed E-state index contributed by atoms with van der Waals surface area (Å²) in [6, 6.07) is 15.8. The van der Waals surface area contributed by atoms with E-state index in [-0.39, 0.29) is 5.69 Å². The van der Waals surface area contributed by atoms with Crippen LogP contribution in [0.2, 0.25) is 0 Å². The molecule has 2 aromatic carbocycles. The maximum absolute atomic E-state index is 14.1. The van der Waals surface area contributed by atoms with E-state index < -0.39 is 47.4 Å². The molecule has 4 aromatic rings. The third-order valence-electron chi connectivity index (χ3n) is 7.14. The van der Waals surface area contributed by atoms with Crippen molar-refractivity contribution >= 4 is 10.9 Å². The largest absolute Gasteiger partial charge is 0.493 e. The Labute approximate surface area is 200 Å². The van der Waals surface area contributed by atoms with Crippen molar-refractivity contribution in [2.24, 2.45) is 0 Å². The van der Waals surface area contributed by atoms with Gasteiger partial charge in [0.2, 0.25) is 5.88 Å². The summed E-state index contributed by atoms with van der Waals surface area (Å²) in [5.74, 6) is -2.33. The van der Waals surface area contributed by atoms with Gasteiger partial charge in [0.15, 0.2) is 5.69 Å². The number of methoxy groups -OCH3 is 1. The fourth-order valence-corrected chi connectivity index (χ4v) is 5.63. The quantitative estimate of drug-likeness (QED) is 0.411. The molecule has 0 saturated heterocycles. The van der Waals surface area contributed by atoms with Crippen molar-refractivity contribution in [2.75, 3.05) is 7.11 Å². The molecule has 0 spiro atoms. The number of halogens is 3. The van der Waals surface area contributed by atoms with E-state index in [9.17, 15) is 23.4 Å². The summed E-state index contributed by atoms with van der Waals surface area (Å²) in [6.07, 6.45) is -6.83. The molecule has 1 aliphatic rings. The van der Waals surface area contributed by atoms with Gasteiger partial charge in [-0.1, -0.05) is 36.4 Å². The molecule has 2 N–H and O–H groups in total. The number of aromatic hydroxyl groups is 1. The highest BCUT2D eigenvalue weighted by atomic mass is 19.4. The lowest BCUT2D eigenvalue weighted by Gasteiger charge is -2.48. The number of benzene rings is 2. The molecule has 0 aliphatic heterocycles. The van der Waals surface area contributed by atoms with Gasteiger partial charge in [-0.05, 0) is 37.6 Å². The number of para-hydroxylation sites is 2. The van der Waals surface area contributed by atoms with E-state index in [0.717, 1.165) is 26.8 Å². The minimum atomic E-state index is -4.83. The van der Waals surface area contributed by atoms with Crippen LogP contribution in [0.3, 0.4) is 0 Å². The number of hydrogen-bond donors (Lipinski definition) is 2. The Bertz CT molecular complexity index is 1380. The van der Waals surface area contributed by atoms with E-state index in [0.29, 0.717) is 6.54 Å². The van der Waals surface area contributed by atoms with Gasteiger partial charge >= 0.3 is 6.18 Å². The standard InChI is InChI=1S/C26H26F3N3O3/c1-4-31-14(2)18(16-12-8-9-13-17(16)31)19-22(33)20(23(19)35-3)21-24(26(27,28)29)30-32(25(21)34)15-10-6-5-7-11-15/h5-13,19-20,22-23,33-34H,4H2,1-3H3. The average molecular weight is 486 g/mol. The van der Waals surface area contributed by atoms with Crippen molar-refractivity contribution < 1.29 is 28.1 Å². The lowest BCUT2D eigenvalue weighted by molar-refractivity contribution is -0.145. The molecule has 4 atom stereocenters. The first-order valence-electron chi connectivity index (χ1n) is 11.4. The van der Waals surface area contributed by atoms with Crippen LogP contribution in [-0.4, -0.2) is 43.9 Å². The van der Waals surface area contributed by atoms with E-state index in [4.69, 9.17) is 4.74 Å². The highest BCUT2D eigenvalue weighted by Crippen LogP contribution is 2.56. The number of ether oxygens (including phenoxy) is 1. The second-order valence-electron chi connectivity index (χ2n) is 8.83. The molecule has 0 radical (unpaired) electrons. The summed E-state index contributed by atoms with van der Waals surface area (Å²) in [5, 5.41) is 26.9. The van der Waals surface area contributed by atoms with Gasteiger partial charge in [-0.3, -0.25) is 0 Å². The normalized spacial score (nSPS) is 22.5. The molecular formula is C26H26F3N3O3. The van der Waals surface area contributed by atoms with E-state index >= 15 is 0 Å². The smallest absolute Gasteiger partial charge is 0.435 e. The Balaban J connectivity index is 1.64. The lowest BCUT2D eigenvalue weighted by atomic mass is 9.62. The second-order valence-corrected chi connectivity index (χ2v) is 8.83. The van der Waals surface area contributed by atoms with Gasteiger partial charge in [0.25, 0.3) is 0 Å². The SMILES string of the molecule is CCn1c(C)c(C2C(O)C(c3c(C(F)(F)F)nn(-c4ccccc4)c3O)C2OC)c2ccccc21. The molecule has 0 bridgehead atoms. The number of nitrogens with zero attached hydrogens (tertiary/aromatic N) is 3. The maximum Gasteiger partial charge on any atom is 0.435 e. The summed E-state index contributed by atoms with van der Waals surface area (Å²) in [7, 11) is 1.41. The maximum atomic E-state index is 14.1. The van der Waals surface area contributed by atoms with E-state index in [1.807, 2.05) is 38.1 Å². The number of aliphatic hydroxyl groups excluding tert-OH is 1. The van der Waals surface area contributed by atoms with Crippen LogP contribution in [0.5, 0.6) is 5.88 Å². The zero-order valence-electron chi connectivity index (χ0n) is 19.5. The predicted molar refractivity (Wildman–Crippen MR) is 125 cm³/mol. The molecule has 6 nitrogen and oxygen atoms in total. The molecule has 4 unspecified atom stereocenters. The molecule has 2 aromatic heterocycles. The van der Waals surface area contributed by atoms with Gasteiger partial charge in [-0.25, -0.2) is 4.68 Å². The molecule has 5 rings (SSSR count). The number of aliphatic hydroxyl groups is 1. The highest BCUT2D eigenvalue weighted by Gasteiger charge is 2.57. The van der Waals surface area contributed by atoms with Crippen molar-refractivity contribution in [3.8, 4) is 11.6 Å². The molecule has 0 amide bonds. The summed E-state index contributed by atoms with van der Waals surface area (Å²) >= 11 is 0. The Hall–Kier alpha value is -3.30. The van der Waals surface area contributed by atoms with Crippen molar-refractivity contribution in [1.29, 1.82) is 0 Å². The summed E-state index contributed by atoms with van der Waals surface area (Å²) in [6.45, 7) is 4.67. The van der Waals surface area contributed by atoms with Crippen molar-refractivity contribution in [3.05, 3.63) is 77.1 Å². The average Bonchev–Trinajstić information content (AvgIpc) is 3.32. The monoisotopic (exact) mass is 485 g/mol. The molecule has 2 heterocycles. The molecule has 1 fully saturated rings. The fraction of sp³-hybridized carbons (Fsp3) is 0.346. The van der Waals surface area contributed by atoms with Crippen LogP contribution < -0.4 is 0 Å². The Morgan fingerprint density at radius 2 is 1.63 bits per heavy atom. The summed E-state index contributed by atoms with van der Waals surface area (Å²) in [5.41, 5.74) is 1.37. The van der Waals surface area contributed by atoms with E-state index in [1.54, 1.807) is 30.3 Å². The van der Waals surface area contributed by atoms with Crippen LogP contribution in [0.4, 0.5) is 13.2 Å². The topological polar surface area (TPSA) is 72.4 Å². The Kier molecular flexibility index (Phi) is 5.64. The molecule has 9 heteroatoms.